The number of furan rings is 1. The maximum Gasteiger partial charge on any atom is 0.253 e. The summed E-state index contributed by atoms with van der Waals surface area (Å²) in [6, 6.07) is 12.5. The molecule has 1 unspecified atom stereocenters. The smallest absolute Gasteiger partial charge is 0.253 e. The van der Waals surface area contributed by atoms with E-state index in [1.54, 1.807) is 11.0 Å². The third kappa shape index (κ3) is 4.67. The van der Waals surface area contributed by atoms with Crippen molar-refractivity contribution in [1.82, 2.24) is 4.90 Å². The summed E-state index contributed by atoms with van der Waals surface area (Å²) in [5.41, 5.74) is 3.31. The Morgan fingerprint density at radius 3 is 2.56 bits per heavy atom. The molecule has 1 amide bonds. The van der Waals surface area contributed by atoms with E-state index in [1.165, 1.54) is 31.4 Å². The van der Waals surface area contributed by atoms with Gasteiger partial charge in [0.25, 0.3) is 5.91 Å². The predicted octanol–water partition coefficient (Wildman–Crippen LogP) is 7.10. The molecule has 1 aliphatic carbocycles. The number of nitrogens with one attached hydrogen (secondary N) is 1. The van der Waals surface area contributed by atoms with Gasteiger partial charge in [0.15, 0.2) is 0 Å². The van der Waals surface area contributed by atoms with Gasteiger partial charge in [0.05, 0.1) is 6.04 Å². The van der Waals surface area contributed by atoms with E-state index < -0.39 is 0 Å². The molecule has 2 aromatic carbocycles. The normalized spacial score (nSPS) is 15.6. The molecule has 4 nitrogen and oxygen atoms in total. The zero-order valence-corrected chi connectivity index (χ0v) is 19.3. The topological polar surface area (TPSA) is 45.5 Å². The van der Waals surface area contributed by atoms with Crippen LogP contribution in [0.15, 0.2) is 46.9 Å². The number of nitrogens with zero attached hydrogens (tertiary/aromatic N) is 1. The highest BCUT2D eigenvalue weighted by atomic mass is 19.1. The highest BCUT2D eigenvalue weighted by molar-refractivity contribution is 5.94. The number of aryl methyl sites for hydroxylation is 1. The maximum absolute atomic E-state index is 13.8. The van der Waals surface area contributed by atoms with Gasteiger partial charge in [-0.2, -0.15) is 0 Å². The number of amides is 1. The molecule has 1 atom stereocenters. The Morgan fingerprint density at radius 2 is 1.88 bits per heavy atom. The van der Waals surface area contributed by atoms with Gasteiger partial charge >= 0.3 is 0 Å². The third-order valence-electron chi connectivity index (χ3n) is 6.70. The van der Waals surface area contributed by atoms with Crippen LogP contribution in [0.3, 0.4) is 0 Å². The molecular weight excluding hydrogens is 403 g/mol. The lowest BCUT2D eigenvalue weighted by Gasteiger charge is -2.31. The van der Waals surface area contributed by atoms with Crippen LogP contribution in [-0.2, 0) is 0 Å². The molecule has 170 valence electrons. The fraction of sp³-hybridized carbons (Fsp3) is 0.444. The lowest BCUT2D eigenvalue weighted by atomic mass is 9.82. The van der Waals surface area contributed by atoms with E-state index in [9.17, 15) is 9.18 Å². The molecule has 32 heavy (non-hydrogen) atoms. The van der Waals surface area contributed by atoms with Gasteiger partial charge in [-0.05, 0) is 68.5 Å². The zero-order chi connectivity index (χ0) is 22.7. The number of carbonyl (C=O) groups excluding carboxylic acids is 1. The minimum atomic E-state index is -0.284. The molecule has 1 heterocycles. The van der Waals surface area contributed by atoms with Crippen molar-refractivity contribution in [3.05, 3.63) is 65.2 Å². The Labute approximate surface area is 189 Å². The maximum atomic E-state index is 13.8. The van der Waals surface area contributed by atoms with E-state index in [2.05, 4.69) is 19.2 Å². The van der Waals surface area contributed by atoms with Crippen LogP contribution in [0.25, 0.3) is 11.0 Å². The fourth-order valence-corrected chi connectivity index (χ4v) is 4.93. The molecule has 0 saturated heterocycles. The SMILES string of the molecule is CCCN(C)C(=O)c1ccc(NC(c2oc3cc(F)ccc3c2C)C2CCCCC2)cc1. The van der Waals surface area contributed by atoms with E-state index in [4.69, 9.17) is 4.42 Å². The summed E-state index contributed by atoms with van der Waals surface area (Å²) >= 11 is 0. The molecule has 3 aromatic rings. The Bertz CT molecular complexity index is 1070. The molecule has 1 aromatic heterocycles. The lowest BCUT2D eigenvalue weighted by Crippen LogP contribution is -2.27. The summed E-state index contributed by atoms with van der Waals surface area (Å²) in [4.78, 5) is 14.3. The molecule has 1 N–H and O–H groups in total. The average Bonchev–Trinajstić information content (AvgIpc) is 3.13. The lowest BCUT2D eigenvalue weighted by molar-refractivity contribution is 0.0795. The molecule has 0 aliphatic heterocycles. The van der Waals surface area contributed by atoms with Gasteiger partial charge in [-0.3, -0.25) is 4.79 Å². The van der Waals surface area contributed by atoms with Crippen molar-refractivity contribution in [3.63, 3.8) is 0 Å². The Morgan fingerprint density at radius 1 is 1.16 bits per heavy atom. The number of halogens is 1. The molecule has 1 saturated carbocycles. The van der Waals surface area contributed by atoms with Crippen LogP contribution in [0, 0.1) is 18.7 Å². The van der Waals surface area contributed by atoms with Crippen LogP contribution < -0.4 is 5.32 Å². The van der Waals surface area contributed by atoms with Crippen molar-refractivity contribution in [1.29, 1.82) is 0 Å². The van der Waals surface area contributed by atoms with E-state index >= 15 is 0 Å². The van der Waals surface area contributed by atoms with Crippen molar-refractivity contribution < 1.29 is 13.6 Å². The number of anilines is 1. The van der Waals surface area contributed by atoms with Crippen molar-refractivity contribution in [2.75, 3.05) is 18.9 Å². The van der Waals surface area contributed by atoms with Crippen LogP contribution in [-0.4, -0.2) is 24.4 Å². The van der Waals surface area contributed by atoms with E-state index in [-0.39, 0.29) is 17.8 Å². The van der Waals surface area contributed by atoms with Gasteiger partial charge in [0.2, 0.25) is 0 Å². The third-order valence-corrected chi connectivity index (χ3v) is 6.70. The van der Waals surface area contributed by atoms with Crippen molar-refractivity contribution in [2.45, 2.75) is 58.4 Å². The zero-order valence-electron chi connectivity index (χ0n) is 19.3. The van der Waals surface area contributed by atoms with Crippen molar-refractivity contribution >= 4 is 22.6 Å². The highest BCUT2D eigenvalue weighted by Crippen LogP contribution is 2.41. The van der Waals surface area contributed by atoms with E-state index in [0.717, 1.165) is 48.2 Å². The number of carbonyl (C=O) groups is 1. The Kier molecular flexibility index (Phi) is 6.83. The second-order valence-corrected chi connectivity index (χ2v) is 9.06. The van der Waals surface area contributed by atoms with Crippen molar-refractivity contribution in [2.24, 2.45) is 5.92 Å². The molecule has 0 bridgehead atoms. The second-order valence-electron chi connectivity index (χ2n) is 9.06. The quantitative estimate of drug-likeness (QED) is 0.430. The fourth-order valence-electron chi connectivity index (χ4n) is 4.93. The summed E-state index contributed by atoms with van der Waals surface area (Å²) in [6.45, 7) is 4.87. The minimum absolute atomic E-state index is 0.00933. The predicted molar refractivity (Wildman–Crippen MR) is 128 cm³/mol. The van der Waals surface area contributed by atoms with Crippen LogP contribution in [0.4, 0.5) is 10.1 Å². The number of fused-ring (bicyclic) bond motifs is 1. The molecule has 5 heteroatoms. The highest BCUT2D eigenvalue weighted by Gasteiger charge is 2.30. The second kappa shape index (κ2) is 9.76. The largest absolute Gasteiger partial charge is 0.458 e. The van der Waals surface area contributed by atoms with Gasteiger partial charge in [0, 0.05) is 41.9 Å². The Hall–Kier alpha value is -2.82. The van der Waals surface area contributed by atoms with Gasteiger partial charge in [-0.15, -0.1) is 0 Å². The number of benzene rings is 2. The van der Waals surface area contributed by atoms with Crippen LogP contribution in [0.2, 0.25) is 0 Å². The average molecular weight is 437 g/mol. The summed E-state index contributed by atoms with van der Waals surface area (Å²) < 4.78 is 20.0. The standard InChI is InChI=1S/C27H33FN2O2/c1-4-16-30(3)27(31)20-10-13-22(14-11-20)29-25(19-8-6-5-7-9-19)26-18(2)23-15-12-21(28)17-24(23)32-26/h10-15,17,19,25,29H,4-9,16H2,1-3H3. The first kappa shape index (κ1) is 22.4. The van der Waals surface area contributed by atoms with Crippen LogP contribution >= 0.6 is 0 Å². The van der Waals surface area contributed by atoms with Gasteiger partial charge < -0.3 is 14.6 Å². The monoisotopic (exact) mass is 436 g/mol. The number of hydrogen-bond donors (Lipinski definition) is 1. The van der Waals surface area contributed by atoms with Crippen molar-refractivity contribution in [3.8, 4) is 0 Å². The molecule has 1 fully saturated rings. The van der Waals surface area contributed by atoms with Gasteiger partial charge in [0.1, 0.15) is 17.2 Å². The molecular formula is C27H33FN2O2. The van der Waals surface area contributed by atoms with Gasteiger partial charge in [-0.1, -0.05) is 26.2 Å². The summed E-state index contributed by atoms with van der Waals surface area (Å²) in [7, 11) is 1.84. The number of hydrogen-bond acceptors (Lipinski definition) is 3. The molecule has 0 radical (unpaired) electrons. The first-order valence-electron chi connectivity index (χ1n) is 11.8. The molecule has 0 spiro atoms. The Balaban J connectivity index is 1.62. The first-order chi connectivity index (χ1) is 15.5. The molecule has 4 rings (SSSR count). The molecule has 1 aliphatic rings. The van der Waals surface area contributed by atoms with Gasteiger partial charge in [-0.25, -0.2) is 4.39 Å². The van der Waals surface area contributed by atoms with Crippen LogP contribution in [0.1, 0.15) is 73.2 Å². The summed E-state index contributed by atoms with van der Waals surface area (Å²) in [5, 5.41) is 4.65. The van der Waals surface area contributed by atoms with E-state index in [0.29, 0.717) is 17.1 Å². The van der Waals surface area contributed by atoms with E-state index in [1.807, 2.05) is 31.3 Å². The first-order valence-corrected chi connectivity index (χ1v) is 11.8. The summed E-state index contributed by atoms with van der Waals surface area (Å²) in [5.74, 6) is 1.09. The number of rotatable bonds is 7. The van der Waals surface area contributed by atoms with Crippen LogP contribution in [0.5, 0.6) is 0 Å². The summed E-state index contributed by atoms with van der Waals surface area (Å²) in [6.07, 6.45) is 6.92. The minimum Gasteiger partial charge on any atom is -0.458 e.